The average molecular weight is 241 g/mol. The van der Waals surface area contributed by atoms with E-state index >= 15 is 0 Å². The second-order valence-electron chi connectivity index (χ2n) is 6.35. The standard InChI is InChI=1S/C13H23NO3/c1-13(2,3)17-12(16)14-11-9-5-4-8(6-9)10(11)7-15/h8-11,15H,4-7H2,1-3H3,(H,14,16)/t8-,9+,10-,11+/m0/s1. The summed E-state index contributed by atoms with van der Waals surface area (Å²) in [5.41, 5.74) is -0.462. The predicted octanol–water partition coefficient (Wildman–Crippen LogP) is 1.92. The molecule has 4 nitrogen and oxygen atoms in total. The van der Waals surface area contributed by atoms with E-state index in [1.54, 1.807) is 0 Å². The van der Waals surface area contributed by atoms with Crippen LogP contribution in [0, 0.1) is 17.8 Å². The van der Waals surface area contributed by atoms with Crippen molar-refractivity contribution in [1.29, 1.82) is 0 Å². The van der Waals surface area contributed by atoms with E-state index < -0.39 is 5.60 Å². The molecule has 2 aliphatic rings. The summed E-state index contributed by atoms with van der Waals surface area (Å²) in [6.07, 6.45) is 3.16. The molecule has 4 heteroatoms. The summed E-state index contributed by atoms with van der Waals surface area (Å²) >= 11 is 0. The van der Waals surface area contributed by atoms with Crippen LogP contribution in [-0.4, -0.2) is 29.4 Å². The Bertz CT molecular complexity index is 298. The van der Waals surface area contributed by atoms with Crippen LogP contribution in [-0.2, 0) is 4.74 Å². The van der Waals surface area contributed by atoms with E-state index in [0.29, 0.717) is 11.8 Å². The van der Waals surface area contributed by atoms with Crippen molar-refractivity contribution in [2.45, 2.75) is 51.7 Å². The number of hydrogen-bond acceptors (Lipinski definition) is 3. The summed E-state index contributed by atoms with van der Waals surface area (Å²) in [6, 6.07) is 0.105. The van der Waals surface area contributed by atoms with E-state index in [1.807, 2.05) is 20.8 Å². The zero-order chi connectivity index (χ0) is 12.6. The molecular weight excluding hydrogens is 218 g/mol. The quantitative estimate of drug-likeness (QED) is 0.776. The van der Waals surface area contributed by atoms with Crippen molar-refractivity contribution < 1.29 is 14.6 Å². The second kappa shape index (κ2) is 4.48. The van der Waals surface area contributed by atoms with Gasteiger partial charge < -0.3 is 15.2 Å². The molecule has 2 N–H and O–H groups in total. The lowest BCUT2D eigenvalue weighted by atomic mass is 9.85. The molecule has 2 saturated carbocycles. The Morgan fingerprint density at radius 1 is 1.35 bits per heavy atom. The number of hydrogen-bond donors (Lipinski definition) is 2. The maximum absolute atomic E-state index is 11.7. The monoisotopic (exact) mass is 241 g/mol. The van der Waals surface area contributed by atoms with Gasteiger partial charge in [0.25, 0.3) is 0 Å². The number of amides is 1. The highest BCUT2D eigenvalue weighted by atomic mass is 16.6. The molecule has 2 rings (SSSR count). The number of ether oxygens (including phenoxy) is 1. The number of fused-ring (bicyclic) bond motifs is 2. The molecule has 2 fully saturated rings. The van der Waals surface area contributed by atoms with Crippen LogP contribution < -0.4 is 5.32 Å². The molecule has 0 radical (unpaired) electrons. The number of aliphatic hydroxyl groups is 1. The number of carbonyl (C=O) groups is 1. The lowest BCUT2D eigenvalue weighted by molar-refractivity contribution is 0.0437. The third-order valence-electron chi connectivity index (χ3n) is 3.98. The summed E-state index contributed by atoms with van der Waals surface area (Å²) < 4.78 is 5.27. The minimum absolute atomic E-state index is 0.105. The van der Waals surface area contributed by atoms with Crippen molar-refractivity contribution >= 4 is 6.09 Å². The highest BCUT2D eigenvalue weighted by molar-refractivity contribution is 5.68. The van der Waals surface area contributed by atoms with Gasteiger partial charge in [-0.1, -0.05) is 0 Å². The van der Waals surface area contributed by atoms with Gasteiger partial charge in [0.05, 0.1) is 0 Å². The van der Waals surface area contributed by atoms with E-state index in [4.69, 9.17) is 4.74 Å². The van der Waals surface area contributed by atoms with Gasteiger partial charge in [-0.3, -0.25) is 0 Å². The van der Waals surface area contributed by atoms with Gasteiger partial charge in [0, 0.05) is 18.6 Å². The molecule has 1 amide bonds. The SMILES string of the molecule is CC(C)(C)OC(=O)N[C@@H]1[C@@H]2CC[C@@H](C2)[C@@H]1CO. The molecule has 0 aromatic carbocycles. The van der Waals surface area contributed by atoms with Crippen molar-refractivity contribution in [2.75, 3.05) is 6.61 Å². The van der Waals surface area contributed by atoms with Crippen LogP contribution in [0.25, 0.3) is 0 Å². The zero-order valence-electron chi connectivity index (χ0n) is 10.9. The van der Waals surface area contributed by atoms with Crippen LogP contribution in [0.1, 0.15) is 40.0 Å². The van der Waals surface area contributed by atoms with Gasteiger partial charge in [-0.2, -0.15) is 0 Å². The number of alkyl carbamates (subject to hydrolysis) is 1. The van der Waals surface area contributed by atoms with Crippen LogP contribution in [0.4, 0.5) is 4.79 Å². The van der Waals surface area contributed by atoms with E-state index in [9.17, 15) is 9.90 Å². The Morgan fingerprint density at radius 2 is 2.00 bits per heavy atom. The van der Waals surface area contributed by atoms with Crippen LogP contribution in [0.15, 0.2) is 0 Å². The van der Waals surface area contributed by atoms with Crippen molar-refractivity contribution in [3.63, 3.8) is 0 Å². The highest BCUT2D eigenvalue weighted by Crippen LogP contribution is 2.48. The van der Waals surface area contributed by atoms with Gasteiger partial charge in [0.1, 0.15) is 5.60 Å². The molecule has 0 unspecified atom stereocenters. The van der Waals surface area contributed by atoms with E-state index in [2.05, 4.69) is 5.32 Å². The van der Waals surface area contributed by atoms with Gasteiger partial charge in [0.2, 0.25) is 0 Å². The van der Waals surface area contributed by atoms with Crippen LogP contribution in [0.3, 0.4) is 0 Å². The van der Waals surface area contributed by atoms with Crippen LogP contribution in [0.5, 0.6) is 0 Å². The number of nitrogens with one attached hydrogen (secondary N) is 1. The fourth-order valence-corrected chi connectivity index (χ4v) is 3.34. The molecule has 0 aliphatic heterocycles. The van der Waals surface area contributed by atoms with Crippen molar-refractivity contribution in [2.24, 2.45) is 17.8 Å². The first-order valence-electron chi connectivity index (χ1n) is 6.51. The fourth-order valence-electron chi connectivity index (χ4n) is 3.34. The maximum atomic E-state index is 11.7. The molecule has 2 aliphatic carbocycles. The fraction of sp³-hybridized carbons (Fsp3) is 0.923. The van der Waals surface area contributed by atoms with Gasteiger partial charge >= 0.3 is 6.09 Å². The van der Waals surface area contributed by atoms with Gasteiger partial charge in [-0.25, -0.2) is 4.79 Å². The minimum atomic E-state index is -0.462. The predicted molar refractivity (Wildman–Crippen MR) is 64.6 cm³/mol. The minimum Gasteiger partial charge on any atom is -0.444 e. The molecule has 2 bridgehead atoms. The third kappa shape index (κ3) is 2.73. The summed E-state index contributed by atoms with van der Waals surface area (Å²) in [5, 5.41) is 12.4. The molecule has 0 saturated heterocycles. The van der Waals surface area contributed by atoms with Gasteiger partial charge in [-0.15, -0.1) is 0 Å². The van der Waals surface area contributed by atoms with Crippen molar-refractivity contribution in [3.8, 4) is 0 Å². The number of rotatable bonds is 2. The van der Waals surface area contributed by atoms with Crippen molar-refractivity contribution in [3.05, 3.63) is 0 Å². The normalized spacial score (nSPS) is 36.0. The molecular formula is C13H23NO3. The summed E-state index contributed by atoms with van der Waals surface area (Å²) in [6.45, 7) is 5.74. The summed E-state index contributed by atoms with van der Waals surface area (Å²) in [5.74, 6) is 1.34. The Kier molecular flexibility index (Phi) is 3.34. The third-order valence-corrected chi connectivity index (χ3v) is 3.98. The van der Waals surface area contributed by atoms with Crippen LogP contribution in [0.2, 0.25) is 0 Å². The lowest BCUT2D eigenvalue weighted by Crippen LogP contribution is -2.47. The Labute approximate surface area is 103 Å². The second-order valence-corrected chi connectivity index (χ2v) is 6.35. The number of aliphatic hydroxyl groups excluding tert-OH is 1. The van der Waals surface area contributed by atoms with Crippen LogP contribution >= 0.6 is 0 Å². The molecule has 98 valence electrons. The topological polar surface area (TPSA) is 58.6 Å². The first-order chi connectivity index (χ1) is 7.90. The Hall–Kier alpha value is -0.770. The Balaban J connectivity index is 1.92. The molecule has 4 atom stereocenters. The molecule has 0 aromatic heterocycles. The first kappa shape index (κ1) is 12.7. The largest absolute Gasteiger partial charge is 0.444 e. The average Bonchev–Trinajstić information content (AvgIpc) is 2.74. The summed E-state index contributed by atoms with van der Waals surface area (Å²) in [7, 11) is 0. The smallest absolute Gasteiger partial charge is 0.407 e. The van der Waals surface area contributed by atoms with E-state index in [-0.39, 0.29) is 24.7 Å². The number of carbonyl (C=O) groups excluding carboxylic acids is 1. The Morgan fingerprint density at radius 3 is 2.59 bits per heavy atom. The zero-order valence-corrected chi connectivity index (χ0v) is 10.9. The van der Waals surface area contributed by atoms with Crippen molar-refractivity contribution in [1.82, 2.24) is 5.32 Å². The first-order valence-corrected chi connectivity index (χ1v) is 6.51. The van der Waals surface area contributed by atoms with Gasteiger partial charge in [-0.05, 0) is 51.9 Å². The van der Waals surface area contributed by atoms with E-state index in [1.165, 1.54) is 12.8 Å². The molecule has 17 heavy (non-hydrogen) atoms. The van der Waals surface area contributed by atoms with Gasteiger partial charge in [0.15, 0.2) is 0 Å². The summed E-state index contributed by atoms with van der Waals surface area (Å²) in [4.78, 5) is 11.7. The van der Waals surface area contributed by atoms with E-state index in [0.717, 1.165) is 6.42 Å². The lowest BCUT2D eigenvalue weighted by Gasteiger charge is -2.31. The maximum Gasteiger partial charge on any atom is 0.407 e. The highest BCUT2D eigenvalue weighted by Gasteiger charge is 2.48. The molecule has 0 aromatic rings. The molecule has 0 heterocycles. The molecule has 0 spiro atoms.